The van der Waals surface area contributed by atoms with Crippen LogP contribution in [0, 0.1) is 0 Å². The number of nitrogens with one attached hydrogen (secondary N) is 1. The maximum Gasteiger partial charge on any atom is 0.226 e. The average Bonchev–Trinajstić information content (AvgIpc) is 3.07. The van der Waals surface area contributed by atoms with Crippen LogP contribution in [0.2, 0.25) is 0 Å². The summed E-state index contributed by atoms with van der Waals surface area (Å²) in [4.78, 5) is 17.6. The number of hydrogen-bond donors (Lipinski definition) is 1. The second-order valence-electron chi connectivity index (χ2n) is 5.65. The molecule has 0 aliphatic rings. The van der Waals surface area contributed by atoms with E-state index in [0.29, 0.717) is 18.0 Å². The average molecular weight is 352 g/mol. The molecule has 0 spiro atoms. The van der Waals surface area contributed by atoms with Crippen molar-refractivity contribution >= 4 is 22.4 Å². The van der Waals surface area contributed by atoms with Crippen molar-refractivity contribution in [2.75, 3.05) is 12.4 Å². The van der Waals surface area contributed by atoms with Gasteiger partial charge in [0.1, 0.15) is 5.75 Å². The van der Waals surface area contributed by atoms with Crippen LogP contribution >= 0.6 is 11.3 Å². The van der Waals surface area contributed by atoms with Crippen LogP contribution in [-0.2, 0) is 17.6 Å². The smallest absolute Gasteiger partial charge is 0.226 e. The fourth-order valence-corrected chi connectivity index (χ4v) is 3.45. The van der Waals surface area contributed by atoms with Gasteiger partial charge in [0.05, 0.1) is 7.11 Å². The van der Waals surface area contributed by atoms with Gasteiger partial charge in [-0.1, -0.05) is 48.5 Å². The highest BCUT2D eigenvalue weighted by Crippen LogP contribution is 2.22. The summed E-state index contributed by atoms with van der Waals surface area (Å²) in [5.41, 5.74) is 2.27. The van der Waals surface area contributed by atoms with Crippen LogP contribution in [0.15, 0.2) is 60.8 Å². The third kappa shape index (κ3) is 4.90. The number of methoxy groups -OCH3 is 1. The first-order valence-electron chi connectivity index (χ1n) is 8.15. The topological polar surface area (TPSA) is 51.2 Å². The zero-order valence-electron chi connectivity index (χ0n) is 14.1. The van der Waals surface area contributed by atoms with Crippen molar-refractivity contribution in [2.45, 2.75) is 19.3 Å². The van der Waals surface area contributed by atoms with Gasteiger partial charge < -0.3 is 10.1 Å². The first-order chi connectivity index (χ1) is 12.2. The molecule has 0 unspecified atom stereocenters. The Morgan fingerprint density at radius 2 is 1.88 bits per heavy atom. The molecule has 1 heterocycles. The van der Waals surface area contributed by atoms with Gasteiger partial charge in [0.25, 0.3) is 0 Å². The predicted octanol–water partition coefficient (Wildman–Crippen LogP) is 4.31. The molecule has 0 radical (unpaired) electrons. The minimum Gasteiger partial charge on any atom is -0.496 e. The van der Waals surface area contributed by atoms with Crippen molar-refractivity contribution < 1.29 is 9.53 Å². The Hall–Kier alpha value is -2.66. The summed E-state index contributed by atoms with van der Waals surface area (Å²) < 4.78 is 5.31. The number of ether oxygens (including phenoxy) is 1. The highest BCUT2D eigenvalue weighted by molar-refractivity contribution is 7.15. The van der Waals surface area contributed by atoms with E-state index in [1.54, 1.807) is 7.11 Å². The molecule has 5 heteroatoms. The molecular weight excluding hydrogens is 332 g/mol. The largest absolute Gasteiger partial charge is 0.496 e. The third-order valence-corrected chi connectivity index (χ3v) is 4.75. The van der Waals surface area contributed by atoms with Crippen LogP contribution in [-0.4, -0.2) is 18.0 Å². The van der Waals surface area contributed by atoms with Crippen molar-refractivity contribution in [1.29, 1.82) is 0 Å². The van der Waals surface area contributed by atoms with Gasteiger partial charge in [-0.05, 0) is 23.6 Å². The van der Waals surface area contributed by atoms with E-state index in [4.69, 9.17) is 4.74 Å². The summed E-state index contributed by atoms with van der Waals surface area (Å²) in [7, 11) is 1.64. The zero-order valence-corrected chi connectivity index (χ0v) is 14.9. The minimum atomic E-state index is -0.0356. The fourth-order valence-electron chi connectivity index (χ4n) is 2.58. The molecule has 1 aromatic heterocycles. The number of para-hydroxylation sites is 1. The molecular formula is C20H20N2O2S. The molecule has 3 rings (SSSR count). The fraction of sp³-hybridized carbons (Fsp3) is 0.200. The number of rotatable bonds is 7. The maximum atomic E-state index is 12.2. The van der Waals surface area contributed by atoms with Crippen LogP contribution in [0.3, 0.4) is 0 Å². The lowest BCUT2D eigenvalue weighted by Gasteiger charge is -2.07. The number of carbonyl (C=O) groups excluding carboxylic acids is 1. The van der Waals surface area contributed by atoms with Crippen molar-refractivity contribution in [3.8, 4) is 5.75 Å². The molecule has 0 saturated carbocycles. The monoisotopic (exact) mass is 352 g/mol. The van der Waals surface area contributed by atoms with E-state index in [9.17, 15) is 4.79 Å². The number of anilines is 1. The van der Waals surface area contributed by atoms with Gasteiger partial charge in [0.15, 0.2) is 5.13 Å². The van der Waals surface area contributed by atoms with Gasteiger partial charge in [-0.2, -0.15) is 0 Å². The molecule has 1 N–H and O–H groups in total. The molecule has 4 nitrogen and oxygen atoms in total. The van der Waals surface area contributed by atoms with Crippen LogP contribution in [0.25, 0.3) is 0 Å². The first-order valence-corrected chi connectivity index (χ1v) is 8.96. The van der Waals surface area contributed by atoms with E-state index in [1.165, 1.54) is 16.9 Å². The van der Waals surface area contributed by atoms with E-state index in [1.807, 2.05) is 48.7 Å². The summed E-state index contributed by atoms with van der Waals surface area (Å²) >= 11 is 1.52. The van der Waals surface area contributed by atoms with E-state index in [-0.39, 0.29) is 5.91 Å². The van der Waals surface area contributed by atoms with Gasteiger partial charge >= 0.3 is 0 Å². The van der Waals surface area contributed by atoms with Gasteiger partial charge in [0.2, 0.25) is 5.91 Å². The number of aromatic nitrogens is 1. The SMILES string of the molecule is COc1ccccc1CCC(=O)Nc1ncc(Cc2ccccc2)s1. The second kappa shape index (κ2) is 8.44. The maximum absolute atomic E-state index is 12.2. The van der Waals surface area contributed by atoms with Gasteiger partial charge in [-0.15, -0.1) is 11.3 Å². The van der Waals surface area contributed by atoms with Crippen LogP contribution in [0.5, 0.6) is 5.75 Å². The molecule has 2 aromatic carbocycles. The predicted molar refractivity (Wildman–Crippen MR) is 101 cm³/mol. The van der Waals surface area contributed by atoms with Crippen molar-refractivity contribution in [3.63, 3.8) is 0 Å². The number of nitrogens with zero attached hydrogens (tertiary/aromatic N) is 1. The molecule has 0 fully saturated rings. The van der Waals surface area contributed by atoms with Crippen molar-refractivity contribution in [1.82, 2.24) is 4.98 Å². The summed E-state index contributed by atoms with van der Waals surface area (Å²) in [5.74, 6) is 0.779. The first kappa shape index (κ1) is 17.2. The van der Waals surface area contributed by atoms with E-state index < -0.39 is 0 Å². The van der Waals surface area contributed by atoms with E-state index in [0.717, 1.165) is 22.6 Å². The molecule has 1 amide bonds. The Bertz CT molecular complexity index is 830. The number of carbonyl (C=O) groups is 1. The van der Waals surface area contributed by atoms with Gasteiger partial charge in [-0.3, -0.25) is 4.79 Å². The number of benzene rings is 2. The molecule has 0 aliphatic carbocycles. The Morgan fingerprint density at radius 3 is 2.68 bits per heavy atom. The normalized spacial score (nSPS) is 10.4. The molecule has 128 valence electrons. The van der Waals surface area contributed by atoms with Crippen LogP contribution in [0.4, 0.5) is 5.13 Å². The standard InChI is InChI=1S/C20H20N2O2S/c1-24-18-10-6-5-9-16(18)11-12-19(23)22-20-21-14-17(25-20)13-15-7-3-2-4-8-15/h2-10,14H,11-13H2,1H3,(H,21,22,23). The molecule has 0 saturated heterocycles. The lowest BCUT2D eigenvalue weighted by atomic mass is 10.1. The number of aryl methyl sites for hydroxylation is 1. The number of thiazole rings is 1. The Morgan fingerprint density at radius 1 is 1.12 bits per heavy atom. The third-order valence-electron chi connectivity index (χ3n) is 3.84. The summed E-state index contributed by atoms with van der Waals surface area (Å²) in [5, 5.41) is 3.53. The lowest BCUT2D eigenvalue weighted by molar-refractivity contribution is -0.116. The van der Waals surface area contributed by atoms with Gasteiger partial charge in [-0.25, -0.2) is 4.98 Å². The molecule has 0 aliphatic heterocycles. The van der Waals surface area contributed by atoms with Crippen LogP contribution < -0.4 is 10.1 Å². The Kier molecular flexibility index (Phi) is 5.80. The Balaban J connectivity index is 1.53. The summed E-state index contributed by atoms with van der Waals surface area (Å²) in [6, 6.07) is 18.0. The highest BCUT2D eigenvalue weighted by atomic mass is 32.1. The summed E-state index contributed by atoms with van der Waals surface area (Å²) in [6.45, 7) is 0. The number of hydrogen-bond acceptors (Lipinski definition) is 4. The van der Waals surface area contributed by atoms with Crippen LogP contribution in [0.1, 0.15) is 22.4 Å². The minimum absolute atomic E-state index is 0.0356. The van der Waals surface area contributed by atoms with E-state index in [2.05, 4.69) is 22.4 Å². The zero-order chi connectivity index (χ0) is 17.5. The molecule has 25 heavy (non-hydrogen) atoms. The van der Waals surface area contributed by atoms with Crippen molar-refractivity contribution in [3.05, 3.63) is 76.8 Å². The number of amides is 1. The van der Waals surface area contributed by atoms with E-state index >= 15 is 0 Å². The second-order valence-corrected chi connectivity index (χ2v) is 6.77. The molecule has 0 atom stereocenters. The molecule has 0 bridgehead atoms. The lowest BCUT2D eigenvalue weighted by Crippen LogP contribution is -2.12. The molecule has 3 aromatic rings. The highest BCUT2D eigenvalue weighted by Gasteiger charge is 2.09. The quantitative estimate of drug-likeness (QED) is 0.689. The van der Waals surface area contributed by atoms with Gasteiger partial charge in [0, 0.05) is 23.9 Å². The summed E-state index contributed by atoms with van der Waals surface area (Å²) in [6.07, 6.45) is 3.69. The Labute approximate surface area is 151 Å². The van der Waals surface area contributed by atoms with Crippen molar-refractivity contribution in [2.24, 2.45) is 0 Å².